The average molecular weight is 352 g/mol. The zero-order valence-electron chi connectivity index (χ0n) is 12.8. The summed E-state index contributed by atoms with van der Waals surface area (Å²) in [6.07, 6.45) is 0.436. The quantitative estimate of drug-likeness (QED) is 0.907. The monoisotopic (exact) mass is 351 g/mol. The van der Waals surface area contributed by atoms with E-state index >= 15 is 0 Å². The lowest BCUT2D eigenvalue weighted by atomic mass is 10.1. The summed E-state index contributed by atoms with van der Waals surface area (Å²) in [5.41, 5.74) is 2.28. The molecule has 1 aromatic carbocycles. The largest absolute Gasteiger partial charge is 0.450 e. The molecule has 5 nitrogen and oxygen atoms in total. The van der Waals surface area contributed by atoms with Gasteiger partial charge >= 0.3 is 6.09 Å². The van der Waals surface area contributed by atoms with Gasteiger partial charge < -0.3 is 4.74 Å². The molecule has 1 amide bonds. The molecule has 0 bridgehead atoms. The van der Waals surface area contributed by atoms with Crippen molar-refractivity contribution < 1.29 is 9.53 Å². The molecule has 2 aromatic rings. The number of anilines is 1. The van der Waals surface area contributed by atoms with Gasteiger partial charge in [0.1, 0.15) is 0 Å². The van der Waals surface area contributed by atoms with Gasteiger partial charge in [-0.25, -0.2) is 9.78 Å². The predicted octanol–water partition coefficient (Wildman–Crippen LogP) is 3.92. The van der Waals surface area contributed by atoms with Crippen molar-refractivity contribution in [2.45, 2.75) is 26.4 Å². The summed E-state index contributed by atoms with van der Waals surface area (Å²) in [6, 6.07) is 7.94. The fourth-order valence-corrected chi connectivity index (χ4v) is 3.83. The first kappa shape index (κ1) is 16.2. The first-order chi connectivity index (χ1) is 11.1. The van der Waals surface area contributed by atoms with Crippen molar-refractivity contribution in [3.8, 4) is 0 Å². The van der Waals surface area contributed by atoms with Crippen molar-refractivity contribution in [3.63, 3.8) is 0 Å². The van der Waals surface area contributed by atoms with Crippen molar-refractivity contribution in [2.24, 2.45) is 0 Å². The Morgan fingerprint density at radius 2 is 2.39 bits per heavy atom. The fraction of sp³-hybridized carbons (Fsp3) is 0.375. The molecule has 0 unspecified atom stereocenters. The summed E-state index contributed by atoms with van der Waals surface area (Å²) in [5, 5.41) is 4.05. The van der Waals surface area contributed by atoms with Gasteiger partial charge in [0.05, 0.1) is 12.3 Å². The maximum Gasteiger partial charge on any atom is 0.413 e. The molecule has 0 spiro atoms. The van der Waals surface area contributed by atoms with Crippen LogP contribution in [0.15, 0.2) is 24.3 Å². The Bertz CT molecular complexity index is 704. The van der Waals surface area contributed by atoms with Gasteiger partial charge in [0.2, 0.25) is 0 Å². The standard InChI is InChI=1S/C16H18ClN3O2S/c1-2-22-16(21)19-15-18-13-6-7-20(10-14(13)23-15)9-11-4-3-5-12(17)8-11/h3-5,8H,2,6-7,9-10H2,1H3,(H,18,19,21). The van der Waals surface area contributed by atoms with Crippen LogP contribution in [0.25, 0.3) is 0 Å². The lowest BCUT2D eigenvalue weighted by molar-refractivity contribution is 0.168. The Kier molecular flexibility index (Phi) is 5.15. The molecule has 0 saturated carbocycles. The molecule has 3 rings (SSSR count). The average Bonchev–Trinajstić information content (AvgIpc) is 2.88. The van der Waals surface area contributed by atoms with Crippen LogP contribution >= 0.6 is 22.9 Å². The lowest BCUT2D eigenvalue weighted by Gasteiger charge is -2.25. The second-order valence-corrected chi connectivity index (χ2v) is 6.84. The zero-order valence-corrected chi connectivity index (χ0v) is 14.4. The van der Waals surface area contributed by atoms with E-state index in [-0.39, 0.29) is 0 Å². The molecule has 0 radical (unpaired) electrons. The van der Waals surface area contributed by atoms with Crippen LogP contribution in [-0.2, 0) is 24.2 Å². The molecule has 1 aliphatic rings. The Morgan fingerprint density at radius 3 is 3.17 bits per heavy atom. The number of amides is 1. The van der Waals surface area contributed by atoms with Gasteiger partial charge in [0.15, 0.2) is 5.13 Å². The molecule has 0 atom stereocenters. The van der Waals surface area contributed by atoms with E-state index in [9.17, 15) is 4.79 Å². The van der Waals surface area contributed by atoms with Crippen LogP contribution in [0, 0.1) is 0 Å². The van der Waals surface area contributed by atoms with Gasteiger partial charge in [-0.3, -0.25) is 10.2 Å². The lowest BCUT2D eigenvalue weighted by Crippen LogP contribution is -2.29. The van der Waals surface area contributed by atoms with E-state index in [0.29, 0.717) is 11.7 Å². The highest BCUT2D eigenvalue weighted by atomic mass is 35.5. The van der Waals surface area contributed by atoms with E-state index in [1.807, 2.05) is 18.2 Å². The summed E-state index contributed by atoms with van der Waals surface area (Å²) in [4.78, 5) is 19.5. The van der Waals surface area contributed by atoms with Crippen LogP contribution in [0.5, 0.6) is 0 Å². The summed E-state index contributed by atoms with van der Waals surface area (Å²) in [6.45, 7) is 4.77. The first-order valence-electron chi connectivity index (χ1n) is 7.53. The van der Waals surface area contributed by atoms with Crippen molar-refractivity contribution in [2.75, 3.05) is 18.5 Å². The maximum atomic E-state index is 11.5. The fourth-order valence-electron chi connectivity index (χ4n) is 2.58. The number of carbonyl (C=O) groups is 1. The van der Waals surface area contributed by atoms with Gasteiger partial charge in [0, 0.05) is 36.0 Å². The molecular weight excluding hydrogens is 334 g/mol. The van der Waals surface area contributed by atoms with Crippen LogP contribution < -0.4 is 5.32 Å². The van der Waals surface area contributed by atoms with Crippen molar-refractivity contribution in [3.05, 3.63) is 45.4 Å². The van der Waals surface area contributed by atoms with Gasteiger partial charge in [0.25, 0.3) is 0 Å². The number of benzene rings is 1. The van der Waals surface area contributed by atoms with Gasteiger partial charge in [-0.15, -0.1) is 0 Å². The number of aromatic nitrogens is 1. The third-order valence-electron chi connectivity index (χ3n) is 3.59. The van der Waals surface area contributed by atoms with Crippen LogP contribution in [0.1, 0.15) is 23.1 Å². The Labute approximate surface area is 144 Å². The van der Waals surface area contributed by atoms with E-state index in [4.69, 9.17) is 16.3 Å². The van der Waals surface area contributed by atoms with Crippen molar-refractivity contribution >= 4 is 34.2 Å². The first-order valence-corrected chi connectivity index (χ1v) is 8.72. The third kappa shape index (κ3) is 4.22. The van der Waals surface area contributed by atoms with Gasteiger partial charge in [-0.2, -0.15) is 0 Å². The predicted molar refractivity (Wildman–Crippen MR) is 92.0 cm³/mol. The molecule has 1 aliphatic heterocycles. The van der Waals surface area contributed by atoms with Crippen molar-refractivity contribution in [1.29, 1.82) is 0 Å². The van der Waals surface area contributed by atoms with E-state index in [0.717, 1.165) is 36.8 Å². The number of hydrogen-bond donors (Lipinski definition) is 1. The molecule has 1 N–H and O–H groups in total. The number of thiazole rings is 1. The smallest absolute Gasteiger partial charge is 0.413 e. The van der Waals surface area contributed by atoms with Gasteiger partial charge in [-0.1, -0.05) is 35.1 Å². The Morgan fingerprint density at radius 1 is 1.52 bits per heavy atom. The van der Waals surface area contributed by atoms with E-state index in [1.54, 1.807) is 6.92 Å². The minimum atomic E-state index is -0.450. The molecule has 2 heterocycles. The van der Waals surface area contributed by atoms with Gasteiger partial charge in [-0.05, 0) is 24.6 Å². The number of nitrogens with zero attached hydrogens (tertiary/aromatic N) is 2. The number of ether oxygens (including phenoxy) is 1. The topological polar surface area (TPSA) is 54.5 Å². The third-order valence-corrected chi connectivity index (χ3v) is 4.82. The molecule has 0 saturated heterocycles. The number of nitrogens with one attached hydrogen (secondary N) is 1. The summed E-state index contributed by atoms with van der Waals surface area (Å²) in [7, 11) is 0. The SMILES string of the molecule is CCOC(=O)Nc1nc2c(s1)CN(Cc1cccc(Cl)c1)CC2. The zero-order chi connectivity index (χ0) is 16.2. The molecule has 0 fully saturated rings. The summed E-state index contributed by atoms with van der Waals surface area (Å²) < 4.78 is 4.88. The minimum Gasteiger partial charge on any atom is -0.450 e. The number of hydrogen-bond acceptors (Lipinski definition) is 5. The van der Waals surface area contributed by atoms with Crippen LogP contribution in [-0.4, -0.2) is 29.1 Å². The number of rotatable bonds is 4. The summed E-state index contributed by atoms with van der Waals surface area (Å²) in [5.74, 6) is 0. The van der Waals surface area contributed by atoms with Crippen LogP contribution in [0.4, 0.5) is 9.93 Å². The molecular formula is C16H18ClN3O2S. The molecule has 7 heteroatoms. The van der Waals surface area contributed by atoms with E-state index in [1.165, 1.54) is 21.8 Å². The highest BCUT2D eigenvalue weighted by Gasteiger charge is 2.21. The highest BCUT2D eigenvalue weighted by molar-refractivity contribution is 7.15. The number of carbonyl (C=O) groups excluding carboxylic acids is 1. The Hall–Kier alpha value is -1.63. The number of fused-ring (bicyclic) bond motifs is 1. The minimum absolute atomic E-state index is 0.352. The molecule has 1 aromatic heterocycles. The highest BCUT2D eigenvalue weighted by Crippen LogP contribution is 2.29. The summed E-state index contributed by atoms with van der Waals surface area (Å²) >= 11 is 7.56. The normalized spacial score (nSPS) is 14.3. The van der Waals surface area contributed by atoms with Crippen LogP contribution in [0.2, 0.25) is 5.02 Å². The maximum absolute atomic E-state index is 11.5. The molecule has 0 aliphatic carbocycles. The van der Waals surface area contributed by atoms with Crippen LogP contribution in [0.3, 0.4) is 0 Å². The second-order valence-electron chi connectivity index (χ2n) is 5.32. The Balaban J connectivity index is 1.64. The van der Waals surface area contributed by atoms with E-state index in [2.05, 4.69) is 21.3 Å². The van der Waals surface area contributed by atoms with Crippen molar-refractivity contribution in [1.82, 2.24) is 9.88 Å². The second kappa shape index (κ2) is 7.29. The molecule has 122 valence electrons. The van der Waals surface area contributed by atoms with E-state index < -0.39 is 6.09 Å². The number of halogens is 1. The molecule has 23 heavy (non-hydrogen) atoms.